The second kappa shape index (κ2) is 6.01. The summed E-state index contributed by atoms with van der Waals surface area (Å²) < 4.78 is 4.64. The molecule has 0 saturated carbocycles. The van der Waals surface area contributed by atoms with Crippen LogP contribution in [-0.4, -0.2) is 29.7 Å². The molecule has 2 aromatic rings. The van der Waals surface area contributed by atoms with Crippen molar-refractivity contribution in [2.24, 2.45) is 0 Å². The number of benzene rings is 2. The summed E-state index contributed by atoms with van der Waals surface area (Å²) in [4.78, 5) is 37.6. The summed E-state index contributed by atoms with van der Waals surface area (Å²) in [5.74, 6) is -0.503. The lowest BCUT2D eigenvalue weighted by atomic mass is 9.78. The minimum absolute atomic E-state index is 0.0238. The summed E-state index contributed by atoms with van der Waals surface area (Å²) in [6.45, 7) is 0. The maximum absolute atomic E-state index is 13.0. The number of hydrogen-bond acceptors (Lipinski definition) is 5. The molecule has 116 valence electrons. The van der Waals surface area contributed by atoms with Gasteiger partial charge in [-0.25, -0.2) is 4.79 Å². The number of carbonyl (C=O) groups is 3. The number of ether oxygens (including phenoxy) is 1. The van der Waals surface area contributed by atoms with Crippen LogP contribution in [0, 0.1) is 0 Å². The van der Waals surface area contributed by atoms with Crippen molar-refractivity contribution in [1.82, 2.24) is 0 Å². The predicted molar refractivity (Wildman–Crippen MR) is 88.1 cm³/mol. The molecule has 0 fully saturated rings. The zero-order valence-electron chi connectivity index (χ0n) is 12.4. The van der Waals surface area contributed by atoms with Crippen LogP contribution in [0.3, 0.4) is 0 Å². The molecule has 0 unspecified atom stereocenters. The Balaban J connectivity index is 2.13. The molecule has 0 spiro atoms. The zero-order valence-corrected chi connectivity index (χ0v) is 13.3. The molecule has 23 heavy (non-hydrogen) atoms. The average Bonchev–Trinajstić information content (AvgIpc) is 2.83. The molecule has 0 amide bonds. The van der Waals surface area contributed by atoms with Crippen molar-refractivity contribution in [3.8, 4) is 0 Å². The van der Waals surface area contributed by atoms with Gasteiger partial charge in [0.05, 0.1) is 7.11 Å². The number of carbonyl (C=O) groups excluding carboxylic acids is 3. The zero-order chi connectivity index (χ0) is 16.4. The van der Waals surface area contributed by atoms with E-state index in [1.807, 2.05) is 6.07 Å². The monoisotopic (exact) mass is 326 g/mol. The van der Waals surface area contributed by atoms with Crippen molar-refractivity contribution < 1.29 is 19.1 Å². The highest BCUT2D eigenvalue weighted by Gasteiger charge is 2.54. The molecule has 0 aromatic heterocycles. The fourth-order valence-electron chi connectivity index (χ4n) is 2.87. The van der Waals surface area contributed by atoms with E-state index in [0.717, 1.165) is 11.8 Å². The SMILES string of the molecule is COC(=O)SCC1(c2ccccc2)C(=O)c2ccccc2C1=O. The molecule has 1 aliphatic carbocycles. The Labute approximate surface area is 137 Å². The molecular formula is C18H14O4S. The average molecular weight is 326 g/mol. The first-order chi connectivity index (χ1) is 11.1. The van der Waals surface area contributed by atoms with Crippen LogP contribution in [0.25, 0.3) is 0 Å². The van der Waals surface area contributed by atoms with Gasteiger partial charge in [-0.3, -0.25) is 9.59 Å². The summed E-state index contributed by atoms with van der Waals surface area (Å²) >= 11 is 0.843. The van der Waals surface area contributed by atoms with Crippen LogP contribution in [-0.2, 0) is 10.2 Å². The van der Waals surface area contributed by atoms with Gasteiger partial charge in [-0.2, -0.15) is 0 Å². The normalized spacial score (nSPS) is 15.3. The van der Waals surface area contributed by atoms with Crippen LogP contribution < -0.4 is 0 Å². The van der Waals surface area contributed by atoms with E-state index in [0.29, 0.717) is 16.7 Å². The van der Waals surface area contributed by atoms with Crippen molar-refractivity contribution in [3.63, 3.8) is 0 Å². The first kappa shape index (κ1) is 15.5. The van der Waals surface area contributed by atoms with Crippen molar-refractivity contribution in [3.05, 3.63) is 71.3 Å². The van der Waals surface area contributed by atoms with Crippen LogP contribution in [0.4, 0.5) is 4.79 Å². The summed E-state index contributed by atoms with van der Waals surface area (Å²) in [5, 5.41) is -0.517. The quantitative estimate of drug-likeness (QED) is 0.638. The molecule has 5 heteroatoms. The van der Waals surface area contributed by atoms with Crippen molar-refractivity contribution in [1.29, 1.82) is 0 Å². The molecular weight excluding hydrogens is 312 g/mol. The lowest BCUT2D eigenvalue weighted by Crippen LogP contribution is -2.41. The topological polar surface area (TPSA) is 60.4 Å². The van der Waals surface area contributed by atoms with Crippen molar-refractivity contribution in [2.75, 3.05) is 12.9 Å². The fourth-order valence-corrected chi connectivity index (χ4v) is 3.75. The van der Waals surface area contributed by atoms with Crippen LogP contribution in [0.1, 0.15) is 26.3 Å². The van der Waals surface area contributed by atoms with Gasteiger partial charge in [0.1, 0.15) is 5.41 Å². The van der Waals surface area contributed by atoms with E-state index >= 15 is 0 Å². The number of thioether (sulfide) groups is 1. The van der Waals surface area contributed by atoms with Gasteiger partial charge >= 0.3 is 5.30 Å². The molecule has 0 heterocycles. The van der Waals surface area contributed by atoms with E-state index in [1.54, 1.807) is 48.5 Å². The number of fused-ring (bicyclic) bond motifs is 1. The van der Waals surface area contributed by atoms with Crippen LogP contribution in [0.15, 0.2) is 54.6 Å². The highest BCUT2D eigenvalue weighted by Crippen LogP contribution is 2.42. The standard InChI is InChI=1S/C18H14O4S/c1-22-17(21)23-11-18(12-7-3-2-4-8-12)15(19)13-9-5-6-10-14(13)16(18)20/h2-10H,11H2,1H3. The van der Waals surface area contributed by atoms with E-state index in [4.69, 9.17) is 0 Å². The second-order valence-corrected chi connectivity index (χ2v) is 6.13. The van der Waals surface area contributed by atoms with Gasteiger partial charge in [0, 0.05) is 16.9 Å². The Morgan fingerprint density at radius 1 is 0.957 bits per heavy atom. The van der Waals surface area contributed by atoms with E-state index in [9.17, 15) is 14.4 Å². The van der Waals surface area contributed by atoms with Crippen LogP contribution in [0.2, 0.25) is 0 Å². The third kappa shape index (κ3) is 2.37. The molecule has 3 rings (SSSR count). The van der Waals surface area contributed by atoms with Crippen LogP contribution >= 0.6 is 11.8 Å². The number of Topliss-reactive ketones (excluding diaryl/α,β-unsaturated/α-hetero) is 2. The summed E-state index contributed by atoms with van der Waals surface area (Å²) in [7, 11) is 1.28. The van der Waals surface area contributed by atoms with E-state index < -0.39 is 10.7 Å². The highest BCUT2D eigenvalue weighted by atomic mass is 32.2. The Morgan fingerprint density at radius 2 is 1.48 bits per heavy atom. The Morgan fingerprint density at radius 3 is 2.00 bits per heavy atom. The number of rotatable bonds is 3. The Kier molecular flexibility index (Phi) is 4.05. The second-order valence-electron chi connectivity index (χ2n) is 5.22. The number of hydrogen-bond donors (Lipinski definition) is 0. The predicted octanol–water partition coefficient (Wildman–Crippen LogP) is 3.50. The van der Waals surface area contributed by atoms with E-state index in [1.165, 1.54) is 7.11 Å². The van der Waals surface area contributed by atoms with E-state index in [-0.39, 0.29) is 17.3 Å². The molecule has 1 aliphatic rings. The number of methoxy groups -OCH3 is 1. The van der Waals surface area contributed by atoms with Gasteiger partial charge in [0.25, 0.3) is 0 Å². The van der Waals surface area contributed by atoms with Gasteiger partial charge in [-0.05, 0) is 17.3 Å². The van der Waals surface area contributed by atoms with Gasteiger partial charge in [-0.15, -0.1) is 0 Å². The largest absolute Gasteiger partial charge is 0.461 e. The molecule has 0 atom stereocenters. The van der Waals surface area contributed by atoms with Gasteiger partial charge in [0.15, 0.2) is 11.6 Å². The summed E-state index contributed by atoms with van der Waals surface area (Å²) in [6, 6.07) is 15.7. The number of ketones is 2. The first-order valence-electron chi connectivity index (χ1n) is 7.06. The lowest BCUT2D eigenvalue weighted by molar-refractivity contribution is 0.0815. The Bertz CT molecular complexity index is 748. The molecule has 0 radical (unpaired) electrons. The van der Waals surface area contributed by atoms with Crippen LogP contribution in [0.5, 0.6) is 0 Å². The van der Waals surface area contributed by atoms with Gasteiger partial charge < -0.3 is 4.74 Å². The van der Waals surface area contributed by atoms with E-state index in [2.05, 4.69) is 4.74 Å². The highest BCUT2D eigenvalue weighted by molar-refractivity contribution is 8.13. The molecule has 0 aliphatic heterocycles. The maximum Gasteiger partial charge on any atom is 0.367 e. The minimum atomic E-state index is -1.37. The maximum atomic E-state index is 13.0. The minimum Gasteiger partial charge on any atom is -0.461 e. The fraction of sp³-hybridized carbons (Fsp3) is 0.167. The van der Waals surface area contributed by atoms with Crippen molar-refractivity contribution in [2.45, 2.75) is 5.41 Å². The molecule has 0 saturated heterocycles. The third-order valence-corrected chi connectivity index (χ3v) is 5.01. The third-order valence-electron chi connectivity index (χ3n) is 4.03. The van der Waals surface area contributed by atoms with Crippen molar-refractivity contribution >= 4 is 28.6 Å². The molecule has 0 bridgehead atoms. The molecule has 2 aromatic carbocycles. The smallest absolute Gasteiger partial charge is 0.367 e. The Hall–Kier alpha value is -2.40. The summed E-state index contributed by atoms with van der Waals surface area (Å²) in [6.07, 6.45) is 0. The molecule has 4 nitrogen and oxygen atoms in total. The molecule has 0 N–H and O–H groups in total. The van der Waals surface area contributed by atoms with Gasteiger partial charge in [0.2, 0.25) is 0 Å². The van der Waals surface area contributed by atoms with Gasteiger partial charge in [-0.1, -0.05) is 54.6 Å². The first-order valence-corrected chi connectivity index (χ1v) is 8.04. The summed E-state index contributed by atoms with van der Waals surface area (Å²) in [5.41, 5.74) is 0.0466. The lowest BCUT2D eigenvalue weighted by Gasteiger charge is -2.25.